The van der Waals surface area contributed by atoms with Crippen LogP contribution in [-0.2, 0) is 28.6 Å². The normalized spacial score (nSPS) is 21.7. The average Bonchev–Trinajstić information content (AvgIpc) is 3.34. The van der Waals surface area contributed by atoms with Gasteiger partial charge in [0.1, 0.15) is 0 Å². The molecule has 0 spiro atoms. The number of rotatable bonds is 7. The molecular formula is C19H26O6SeSi. The molecule has 0 amide bonds. The Morgan fingerprint density at radius 1 is 0.963 bits per heavy atom. The van der Waals surface area contributed by atoms with Gasteiger partial charge in [0.15, 0.2) is 0 Å². The molecule has 0 aromatic heterocycles. The van der Waals surface area contributed by atoms with E-state index in [-0.39, 0.29) is 19.4 Å². The van der Waals surface area contributed by atoms with Gasteiger partial charge in [-0.25, -0.2) is 0 Å². The van der Waals surface area contributed by atoms with Crippen molar-refractivity contribution in [2.75, 3.05) is 21.3 Å². The van der Waals surface area contributed by atoms with E-state index < -0.39 is 43.2 Å². The fourth-order valence-corrected chi connectivity index (χ4v) is 10.9. The van der Waals surface area contributed by atoms with E-state index in [0.717, 1.165) is 4.46 Å². The maximum atomic E-state index is 12.7. The predicted molar refractivity (Wildman–Crippen MR) is 104 cm³/mol. The number of hydrogen-bond donors (Lipinski definition) is 0. The fraction of sp³-hybridized carbons (Fsp3) is 0.526. The Hall–Kier alpha value is -1.63. The first-order valence-corrected chi connectivity index (χ1v) is 14.0. The van der Waals surface area contributed by atoms with Gasteiger partial charge in [-0.2, -0.15) is 0 Å². The monoisotopic (exact) mass is 458 g/mol. The van der Waals surface area contributed by atoms with Crippen LogP contribution in [0.1, 0.15) is 0 Å². The van der Waals surface area contributed by atoms with Crippen LogP contribution in [0, 0.1) is 17.3 Å². The molecule has 3 atom stereocenters. The first-order valence-electron chi connectivity index (χ1n) is 8.62. The van der Waals surface area contributed by atoms with Crippen molar-refractivity contribution in [2.45, 2.75) is 24.1 Å². The molecule has 1 aliphatic carbocycles. The van der Waals surface area contributed by atoms with Crippen molar-refractivity contribution in [3.63, 3.8) is 0 Å². The van der Waals surface area contributed by atoms with E-state index in [0.29, 0.717) is 0 Å². The van der Waals surface area contributed by atoms with Crippen molar-refractivity contribution in [1.29, 1.82) is 0 Å². The van der Waals surface area contributed by atoms with Crippen LogP contribution in [0.2, 0.25) is 24.1 Å². The van der Waals surface area contributed by atoms with Crippen molar-refractivity contribution in [2.24, 2.45) is 17.3 Å². The van der Waals surface area contributed by atoms with E-state index in [9.17, 15) is 14.4 Å². The molecule has 0 radical (unpaired) electrons. The molecule has 0 heterocycles. The molecule has 0 unspecified atom stereocenters. The molecule has 0 saturated heterocycles. The molecule has 1 saturated carbocycles. The first-order chi connectivity index (χ1) is 12.7. The standard InChI is InChI=1S/C19H26O6SeSi/c1-23-15(20)13-14(19(13,17(21)24-2)18(22)25-3)16(27(4,5)6)26-12-10-8-7-9-11-12/h7-11,13-14,16H,1-6H3/t13-,14+,16+/m0/s1. The summed E-state index contributed by atoms with van der Waals surface area (Å²) in [6.45, 7) is 6.57. The Kier molecular flexibility index (Phi) is 6.55. The van der Waals surface area contributed by atoms with Gasteiger partial charge in [0.25, 0.3) is 0 Å². The molecule has 0 N–H and O–H groups in total. The van der Waals surface area contributed by atoms with E-state index in [2.05, 4.69) is 19.6 Å². The second-order valence-electron chi connectivity index (χ2n) is 7.60. The number of hydrogen-bond acceptors (Lipinski definition) is 6. The van der Waals surface area contributed by atoms with Crippen molar-refractivity contribution in [3.05, 3.63) is 30.3 Å². The predicted octanol–water partition coefficient (Wildman–Crippen LogP) is 1.43. The molecule has 27 heavy (non-hydrogen) atoms. The Labute approximate surface area is 167 Å². The van der Waals surface area contributed by atoms with Crippen molar-refractivity contribution < 1.29 is 28.6 Å². The van der Waals surface area contributed by atoms with Crippen LogP contribution in [0.15, 0.2) is 30.3 Å². The maximum absolute atomic E-state index is 12.7. The van der Waals surface area contributed by atoms with Crippen molar-refractivity contribution in [1.82, 2.24) is 0 Å². The molecule has 6 nitrogen and oxygen atoms in total. The van der Waals surface area contributed by atoms with Gasteiger partial charge < -0.3 is 0 Å². The molecule has 1 aliphatic rings. The van der Waals surface area contributed by atoms with Gasteiger partial charge in [-0.15, -0.1) is 0 Å². The van der Waals surface area contributed by atoms with Crippen LogP contribution in [0.5, 0.6) is 0 Å². The van der Waals surface area contributed by atoms with Crippen LogP contribution in [0.25, 0.3) is 0 Å². The average molecular weight is 457 g/mol. The minimum absolute atomic E-state index is 0.0214. The quantitative estimate of drug-likeness (QED) is 0.267. The third kappa shape index (κ3) is 3.84. The number of carbonyl (C=O) groups excluding carboxylic acids is 3. The summed E-state index contributed by atoms with van der Waals surface area (Å²) >= 11 is -0.0214. The van der Waals surface area contributed by atoms with Gasteiger partial charge in [-0.05, 0) is 0 Å². The third-order valence-corrected chi connectivity index (χ3v) is 14.4. The molecule has 0 aliphatic heterocycles. The summed E-state index contributed by atoms with van der Waals surface area (Å²) in [5, 5.41) is 0. The number of carbonyl (C=O) groups is 3. The molecule has 0 bridgehead atoms. The van der Waals surface area contributed by atoms with Gasteiger partial charge >= 0.3 is 167 Å². The van der Waals surface area contributed by atoms with Crippen LogP contribution in [0.3, 0.4) is 0 Å². The zero-order valence-electron chi connectivity index (χ0n) is 16.5. The van der Waals surface area contributed by atoms with E-state index >= 15 is 0 Å². The van der Waals surface area contributed by atoms with Crippen LogP contribution < -0.4 is 4.46 Å². The third-order valence-electron chi connectivity index (χ3n) is 4.95. The fourth-order valence-electron chi connectivity index (χ4n) is 3.67. The van der Waals surface area contributed by atoms with Gasteiger partial charge in [-0.1, -0.05) is 0 Å². The van der Waals surface area contributed by atoms with Crippen LogP contribution >= 0.6 is 0 Å². The molecule has 8 heteroatoms. The first kappa shape index (κ1) is 21.7. The Morgan fingerprint density at radius 3 is 1.89 bits per heavy atom. The van der Waals surface area contributed by atoms with Gasteiger partial charge in [0.05, 0.1) is 0 Å². The molecule has 148 valence electrons. The molecule has 1 aromatic rings. The summed E-state index contributed by atoms with van der Waals surface area (Å²) < 4.78 is 16.0. The molecule has 1 aromatic carbocycles. The van der Waals surface area contributed by atoms with Gasteiger partial charge in [0, 0.05) is 0 Å². The van der Waals surface area contributed by atoms with E-state index in [4.69, 9.17) is 14.2 Å². The van der Waals surface area contributed by atoms with E-state index in [1.165, 1.54) is 21.3 Å². The Bertz CT molecular complexity index is 699. The summed E-state index contributed by atoms with van der Waals surface area (Å²) in [5.41, 5.74) is -1.61. The van der Waals surface area contributed by atoms with E-state index in [1.54, 1.807) is 0 Å². The Balaban J connectivity index is 2.55. The summed E-state index contributed by atoms with van der Waals surface area (Å²) in [7, 11) is 1.84. The van der Waals surface area contributed by atoms with Gasteiger partial charge in [0.2, 0.25) is 0 Å². The molecule has 2 rings (SSSR count). The molecule has 1 fully saturated rings. The van der Waals surface area contributed by atoms with E-state index in [1.807, 2.05) is 30.3 Å². The van der Waals surface area contributed by atoms with Crippen molar-refractivity contribution in [3.8, 4) is 0 Å². The number of benzene rings is 1. The topological polar surface area (TPSA) is 78.9 Å². The van der Waals surface area contributed by atoms with Crippen LogP contribution in [0.4, 0.5) is 0 Å². The SMILES string of the molecule is COC(=O)[C@@H]1[C@H]([C@H]([Se]c2ccccc2)[Si](C)(C)C)C1(C(=O)OC)C(=O)OC. The zero-order valence-corrected chi connectivity index (χ0v) is 19.2. The second kappa shape index (κ2) is 8.16. The van der Waals surface area contributed by atoms with Crippen LogP contribution in [-0.4, -0.2) is 62.3 Å². The number of methoxy groups -OCH3 is 3. The summed E-state index contributed by atoms with van der Waals surface area (Å²) in [4.78, 5) is 37.9. The number of esters is 3. The summed E-state index contributed by atoms with van der Waals surface area (Å²) in [6, 6.07) is 9.97. The second-order valence-corrected chi connectivity index (χ2v) is 16.4. The summed E-state index contributed by atoms with van der Waals surface area (Å²) in [6.07, 6.45) is 0. The summed E-state index contributed by atoms with van der Waals surface area (Å²) in [5.74, 6) is -3.35. The number of ether oxygens (including phenoxy) is 3. The zero-order chi connectivity index (χ0) is 20.4. The molecular weight excluding hydrogens is 431 g/mol. The van der Waals surface area contributed by atoms with Gasteiger partial charge in [-0.3, -0.25) is 0 Å². The van der Waals surface area contributed by atoms with Crippen molar-refractivity contribution >= 4 is 45.4 Å². The minimum atomic E-state index is -1.87. The Morgan fingerprint density at radius 2 is 1.48 bits per heavy atom.